The van der Waals surface area contributed by atoms with Crippen molar-refractivity contribution in [2.24, 2.45) is 0 Å². The molecule has 0 N–H and O–H groups in total. The van der Waals surface area contributed by atoms with Crippen molar-refractivity contribution < 1.29 is 42.9 Å². The van der Waals surface area contributed by atoms with E-state index in [0.717, 1.165) is 20.8 Å². The molecule has 1 saturated heterocycles. The van der Waals surface area contributed by atoms with Crippen LogP contribution in [0.5, 0.6) is 0 Å². The van der Waals surface area contributed by atoms with Crippen LogP contribution in [0.3, 0.4) is 0 Å². The zero-order valence-electron chi connectivity index (χ0n) is 13.7. The molecule has 1 fully saturated rings. The molecule has 0 bridgehead atoms. The molecule has 0 aromatic carbocycles. The van der Waals surface area contributed by atoms with E-state index in [-0.39, 0.29) is 6.61 Å². The summed E-state index contributed by atoms with van der Waals surface area (Å²) in [4.78, 5) is 45.1. The van der Waals surface area contributed by atoms with Gasteiger partial charge in [0, 0.05) is 27.7 Å². The first-order valence-electron chi connectivity index (χ1n) is 7.10. The second-order valence-electron chi connectivity index (χ2n) is 5.09. The monoisotopic (exact) mass is 364 g/mol. The van der Waals surface area contributed by atoms with Crippen molar-refractivity contribution in [2.75, 3.05) is 6.61 Å². The topological polar surface area (TPSA) is 114 Å². The fourth-order valence-corrected chi connectivity index (χ4v) is 2.59. The van der Waals surface area contributed by atoms with Crippen molar-refractivity contribution >= 4 is 36.5 Å². The van der Waals surface area contributed by atoms with E-state index in [4.69, 9.17) is 23.7 Å². The van der Waals surface area contributed by atoms with Crippen LogP contribution in [0.2, 0.25) is 0 Å². The first-order chi connectivity index (χ1) is 11.1. The van der Waals surface area contributed by atoms with Crippen LogP contribution >= 0.6 is 12.6 Å². The fourth-order valence-electron chi connectivity index (χ4n) is 2.21. The van der Waals surface area contributed by atoms with Crippen molar-refractivity contribution in [1.82, 2.24) is 0 Å². The number of thiol groups is 1. The van der Waals surface area contributed by atoms with Gasteiger partial charge >= 0.3 is 23.9 Å². The van der Waals surface area contributed by atoms with Crippen LogP contribution in [0, 0.1) is 0 Å². The Bertz CT molecular complexity index is 506. The molecule has 5 atom stereocenters. The molecule has 0 radical (unpaired) electrons. The molecular formula is C14H20O9S. The van der Waals surface area contributed by atoms with E-state index in [1.54, 1.807) is 0 Å². The molecule has 9 nitrogen and oxygen atoms in total. The van der Waals surface area contributed by atoms with Gasteiger partial charge in [0.15, 0.2) is 18.3 Å². The third-order valence-corrected chi connectivity index (χ3v) is 3.38. The minimum absolute atomic E-state index is 0.255. The summed E-state index contributed by atoms with van der Waals surface area (Å²) in [5, 5.41) is 0. The van der Waals surface area contributed by atoms with Gasteiger partial charge in [0.05, 0.1) is 0 Å². The van der Waals surface area contributed by atoms with E-state index in [0.29, 0.717) is 0 Å². The van der Waals surface area contributed by atoms with E-state index < -0.39 is 53.7 Å². The van der Waals surface area contributed by atoms with Gasteiger partial charge in [-0.3, -0.25) is 19.2 Å². The number of ether oxygens (including phenoxy) is 5. The second kappa shape index (κ2) is 8.88. The normalized spacial score (nSPS) is 29.3. The molecule has 136 valence electrons. The van der Waals surface area contributed by atoms with Crippen LogP contribution in [0.15, 0.2) is 0 Å². The Hall–Kier alpha value is -1.81. The third kappa shape index (κ3) is 6.00. The smallest absolute Gasteiger partial charge is 0.303 e. The molecule has 0 amide bonds. The van der Waals surface area contributed by atoms with E-state index in [9.17, 15) is 19.2 Å². The zero-order chi connectivity index (χ0) is 18.4. The molecular weight excluding hydrogens is 344 g/mol. The maximum absolute atomic E-state index is 11.4. The molecule has 0 saturated carbocycles. The standard InChI is InChI=1S/C14H20O9S/c1-6(15)19-5-10-11(20-7(2)16)12(21-8(3)17)13(14(24)23-10)22-9(4)18/h10-14,24H,5H2,1-4H3/t10?,11-,12+,13?,14?/m0/s1. The lowest BCUT2D eigenvalue weighted by atomic mass is 9.99. The average Bonchev–Trinajstić information content (AvgIpc) is 2.42. The molecule has 24 heavy (non-hydrogen) atoms. The van der Waals surface area contributed by atoms with Gasteiger partial charge in [0.2, 0.25) is 0 Å². The highest BCUT2D eigenvalue weighted by atomic mass is 32.1. The SMILES string of the molecule is CC(=O)OCC1OC(S)C(OC(C)=O)[C@H](OC(C)=O)[C@H]1OC(C)=O. The van der Waals surface area contributed by atoms with Gasteiger partial charge in [-0.25, -0.2) is 0 Å². The largest absolute Gasteiger partial charge is 0.463 e. The van der Waals surface area contributed by atoms with Crippen LogP contribution in [0.25, 0.3) is 0 Å². The first-order valence-corrected chi connectivity index (χ1v) is 7.62. The maximum atomic E-state index is 11.4. The minimum Gasteiger partial charge on any atom is -0.463 e. The van der Waals surface area contributed by atoms with Crippen LogP contribution in [0.1, 0.15) is 27.7 Å². The summed E-state index contributed by atoms with van der Waals surface area (Å²) < 4.78 is 25.8. The Morgan fingerprint density at radius 1 is 0.792 bits per heavy atom. The molecule has 0 aromatic heterocycles. The lowest BCUT2D eigenvalue weighted by Crippen LogP contribution is -2.61. The van der Waals surface area contributed by atoms with Crippen LogP contribution in [0.4, 0.5) is 0 Å². The van der Waals surface area contributed by atoms with Gasteiger partial charge < -0.3 is 23.7 Å². The Morgan fingerprint density at radius 2 is 1.25 bits per heavy atom. The Labute approximate surface area is 144 Å². The molecule has 3 unspecified atom stereocenters. The average molecular weight is 364 g/mol. The van der Waals surface area contributed by atoms with Gasteiger partial charge in [-0.1, -0.05) is 0 Å². The van der Waals surface area contributed by atoms with Gasteiger partial charge in [0.25, 0.3) is 0 Å². The summed E-state index contributed by atoms with van der Waals surface area (Å²) in [5.41, 5.74) is -0.981. The third-order valence-electron chi connectivity index (χ3n) is 2.97. The first kappa shape index (κ1) is 20.2. The number of esters is 4. The van der Waals surface area contributed by atoms with Crippen LogP contribution in [-0.2, 0) is 42.9 Å². The number of rotatable bonds is 5. The fraction of sp³-hybridized carbons (Fsp3) is 0.714. The summed E-state index contributed by atoms with van der Waals surface area (Å²) in [5.74, 6) is -2.57. The molecule has 10 heteroatoms. The minimum atomic E-state index is -1.16. The van der Waals surface area contributed by atoms with Crippen molar-refractivity contribution in [3.8, 4) is 0 Å². The molecule has 0 aromatic rings. The summed E-state index contributed by atoms with van der Waals surface area (Å²) in [6, 6.07) is 0. The number of hydrogen-bond acceptors (Lipinski definition) is 10. The highest BCUT2D eigenvalue weighted by Crippen LogP contribution is 2.30. The van der Waals surface area contributed by atoms with E-state index in [1.165, 1.54) is 6.92 Å². The van der Waals surface area contributed by atoms with Gasteiger partial charge in [-0.2, -0.15) is 0 Å². The second-order valence-corrected chi connectivity index (χ2v) is 5.60. The van der Waals surface area contributed by atoms with E-state index in [1.807, 2.05) is 0 Å². The van der Waals surface area contributed by atoms with Gasteiger partial charge in [-0.05, 0) is 0 Å². The zero-order valence-corrected chi connectivity index (χ0v) is 14.6. The molecule has 1 heterocycles. The van der Waals surface area contributed by atoms with E-state index >= 15 is 0 Å². The predicted octanol–water partition coefficient (Wildman–Crippen LogP) is -0.000700. The Kier molecular flexibility index (Phi) is 7.49. The predicted molar refractivity (Wildman–Crippen MR) is 80.9 cm³/mol. The highest BCUT2D eigenvalue weighted by Gasteiger charge is 2.51. The maximum Gasteiger partial charge on any atom is 0.303 e. The molecule has 0 spiro atoms. The molecule has 1 rings (SSSR count). The quantitative estimate of drug-likeness (QED) is 0.409. The van der Waals surface area contributed by atoms with Gasteiger partial charge in [-0.15, -0.1) is 12.6 Å². The summed E-state index contributed by atoms with van der Waals surface area (Å²) in [6.07, 6.45) is -4.35. The number of carbonyl (C=O) groups excluding carboxylic acids is 4. The summed E-state index contributed by atoms with van der Waals surface area (Å²) >= 11 is 4.18. The number of hydrogen-bond donors (Lipinski definition) is 1. The van der Waals surface area contributed by atoms with Crippen LogP contribution < -0.4 is 0 Å². The molecule has 0 aliphatic carbocycles. The Morgan fingerprint density at radius 3 is 1.71 bits per heavy atom. The van der Waals surface area contributed by atoms with E-state index in [2.05, 4.69) is 12.6 Å². The van der Waals surface area contributed by atoms with Gasteiger partial charge in [0.1, 0.15) is 18.1 Å². The summed E-state index contributed by atoms with van der Waals surface area (Å²) in [7, 11) is 0. The van der Waals surface area contributed by atoms with Crippen molar-refractivity contribution in [3.63, 3.8) is 0 Å². The molecule has 1 aliphatic heterocycles. The van der Waals surface area contributed by atoms with Crippen molar-refractivity contribution in [3.05, 3.63) is 0 Å². The van der Waals surface area contributed by atoms with Crippen LogP contribution in [-0.4, -0.2) is 60.3 Å². The molecule has 1 aliphatic rings. The number of carbonyl (C=O) groups is 4. The lowest BCUT2D eigenvalue weighted by molar-refractivity contribution is -0.237. The Balaban J connectivity index is 3.11. The lowest BCUT2D eigenvalue weighted by Gasteiger charge is -2.42. The van der Waals surface area contributed by atoms with Crippen molar-refractivity contribution in [2.45, 2.75) is 57.5 Å². The highest BCUT2D eigenvalue weighted by molar-refractivity contribution is 7.80. The van der Waals surface area contributed by atoms with Crippen molar-refractivity contribution in [1.29, 1.82) is 0 Å². The summed E-state index contributed by atoms with van der Waals surface area (Å²) in [6.45, 7) is 4.42.